The molecule has 2 nitrogen and oxygen atoms in total. The van der Waals surface area contributed by atoms with Crippen LogP contribution >= 0.6 is 22.9 Å². The van der Waals surface area contributed by atoms with Crippen molar-refractivity contribution < 1.29 is 0 Å². The number of hydrogen-bond acceptors (Lipinski definition) is 2. The second kappa shape index (κ2) is 1.72. The van der Waals surface area contributed by atoms with E-state index in [-0.39, 0.29) is 0 Å². The van der Waals surface area contributed by atoms with Gasteiger partial charge in [0.2, 0.25) is 0 Å². The third-order valence-electron chi connectivity index (χ3n) is 1.06. The third kappa shape index (κ3) is 0.730. The molecule has 0 N–H and O–H groups in total. The lowest BCUT2D eigenvalue weighted by atomic mass is 10.9. The fourth-order valence-corrected chi connectivity index (χ4v) is 1.68. The molecule has 2 aromatic rings. The number of rotatable bonds is 0. The lowest BCUT2D eigenvalue weighted by Gasteiger charge is -1.71. The van der Waals surface area contributed by atoms with Gasteiger partial charge in [-0.1, -0.05) is 22.9 Å². The second-order valence-electron chi connectivity index (χ2n) is 1.65. The van der Waals surface area contributed by atoms with Crippen LogP contribution in [0.15, 0.2) is 18.6 Å². The first kappa shape index (κ1) is 5.26. The summed E-state index contributed by atoms with van der Waals surface area (Å²) in [6.07, 6.45) is 5.47. The van der Waals surface area contributed by atoms with E-state index in [1.807, 2.05) is 16.8 Å². The highest BCUT2D eigenvalue weighted by Gasteiger charge is 1.96. The van der Waals surface area contributed by atoms with Crippen LogP contribution in [0.1, 0.15) is 0 Å². The SMILES string of the molecule is Clc1cn2ccnc2s1. The Morgan fingerprint density at radius 1 is 1.67 bits per heavy atom. The van der Waals surface area contributed by atoms with E-state index < -0.39 is 0 Å². The van der Waals surface area contributed by atoms with Crippen molar-refractivity contribution in [2.75, 3.05) is 0 Å². The number of thiazole rings is 1. The van der Waals surface area contributed by atoms with Gasteiger partial charge in [-0.3, -0.25) is 4.40 Å². The summed E-state index contributed by atoms with van der Waals surface area (Å²) in [4.78, 5) is 4.98. The minimum absolute atomic E-state index is 0.776. The molecule has 0 saturated heterocycles. The quantitative estimate of drug-likeness (QED) is 0.574. The first-order valence-corrected chi connectivity index (χ1v) is 3.64. The van der Waals surface area contributed by atoms with E-state index in [2.05, 4.69) is 4.98 Å². The van der Waals surface area contributed by atoms with Crippen LogP contribution in [0, 0.1) is 0 Å². The average molecular weight is 159 g/mol. The largest absolute Gasteiger partial charge is 0.296 e. The second-order valence-corrected chi connectivity index (χ2v) is 3.29. The number of hydrogen-bond donors (Lipinski definition) is 0. The Balaban J connectivity index is 2.92. The summed E-state index contributed by atoms with van der Waals surface area (Å²) in [6, 6.07) is 0. The maximum atomic E-state index is 5.68. The van der Waals surface area contributed by atoms with Crippen molar-refractivity contribution in [2.24, 2.45) is 0 Å². The number of aromatic nitrogens is 2. The van der Waals surface area contributed by atoms with Crippen LogP contribution in [0.5, 0.6) is 0 Å². The van der Waals surface area contributed by atoms with E-state index >= 15 is 0 Å². The van der Waals surface area contributed by atoms with E-state index in [4.69, 9.17) is 11.6 Å². The molecule has 0 radical (unpaired) electrons. The smallest absolute Gasteiger partial charge is 0.195 e. The molecule has 2 heterocycles. The number of fused-ring (bicyclic) bond motifs is 1. The number of imidazole rings is 1. The van der Waals surface area contributed by atoms with Crippen LogP contribution < -0.4 is 0 Å². The zero-order chi connectivity index (χ0) is 6.27. The van der Waals surface area contributed by atoms with E-state index in [9.17, 15) is 0 Å². The average Bonchev–Trinajstić information content (AvgIpc) is 2.22. The molecule has 0 aliphatic heterocycles. The standard InChI is InChI=1S/C5H3ClN2S/c6-4-3-8-2-1-7-5(8)9-4/h1-3H. The highest BCUT2D eigenvalue weighted by Crippen LogP contribution is 2.20. The lowest BCUT2D eigenvalue weighted by Crippen LogP contribution is -1.66. The molecule has 0 aromatic carbocycles. The van der Waals surface area contributed by atoms with E-state index in [1.165, 1.54) is 11.3 Å². The molecule has 0 fully saturated rings. The van der Waals surface area contributed by atoms with Gasteiger partial charge in [0.1, 0.15) is 4.34 Å². The topological polar surface area (TPSA) is 17.3 Å². The molecule has 0 atom stereocenters. The molecule has 0 amide bonds. The van der Waals surface area contributed by atoms with Gasteiger partial charge in [-0.15, -0.1) is 0 Å². The van der Waals surface area contributed by atoms with Crippen LogP contribution in [0.4, 0.5) is 0 Å². The zero-order valence-corrected chi connectivity index (χ0v) is 5.99. The van der Waals surface area contributed by atoms with E-state index in [0.29, 0.717) is 0 Å². The normalized spacial score (nSPS) is 10.8. The Kier molecular flexibility index (Phi) is 1.00. The van der Waals surface area contributed by atoms with Crippen molar-refractivity contribution >= 4 is 27.9 Å². The van der Waals surface area contributed by atoms with E-state index in [0.717, 1.165) is 9.30 Å². The van der Waals surface area contributed by atoms with Gasteiger partial charge in [-0.25, -0.2) is 4.98 Å². The molecule has 0 bridgehead atoms. The van der Waals surface area contributed by atoms with E-state index in [1.54, 1.807) is 6.20 Å². The van der Waals surface area contributed by atoms with Crippen molar-refractivity contribution in [3.63, 3.8) is 0 Å². The van der Waals surface area contributed by atoms with Crippen LogP contribution in [0.2, 0.25) is 4.34 Å². The molecule has 0 aliphatic carbocycles. The maximum absolute atomic E-state index is 5.68. The van der Waals surface area contributed by atoms with Crippen LogP contribution in [0.25, 0.3) is 4.96 Å². The van der Waals surface area contributed by atoms with Crippen molar-refractivity contribution in [2.45, 2.75) is 0 Å². The Hall–Kier alpha value is -0.540. The molecule has 9 heavy (non-hydrogen) atoms. The van der Waals surface area contributed by atoms with Crippen molar-refractivity contribution in [1.82, 2.24) is 9.38 Å². The highest BCUT2D eigenvalue weighted by molar-refractivity contribution is 7.20. The van der Waals surface area contributed by atoms with Gasteiger partial charge in [0, 0.05) is 18.6 Å². The Bertz CT molecular complexity index is 296. The predicted octanol–water partition coefficient (Wildman–Crippen LogP) is 2.05. The molecular formula is C5H3ClN2S. The molecule has 2 rings (SSSR count). The van der Waals surface area contributed by atoms with Crippen molar-refractivity contribution in [1.29, 1.82) is 0 Å². The molecule has 0 aliphatic rings. The summed E-state index contributed by atoms with van der Waals surface area (Å²) in [5.74, 6) is 0. The Labute approximate surface area is 60.7 Å². The van der Waals surface area contributed by atoms with Gasteiger partial charge in [-0.05, 0) is 0 Å². The molecular weight excluding hydrogens is 156 g/mol. The van der Waals surface area contributed by atoms with Crippen molar-refractivity contribution in [3.05, 3.63) is 22.9 Å². The molecule has 4 heteroatoms. The van der Waals surface area contributed by atoms with Gasteiger partial charge in [-0.2, -0.15) is 0 Å². The van der Waals surface area contributed by atoms with Gasteiger partial charge >= 0.3 is 0 Å². The molecule has 0 unspecified atom stereocenters. The van der Waals surface area contributed by atoms with Crippen LogP contribution in [0.3, 0.4) is 0 Å². The zero-order valence-electron chi connectivity index (χ0n) is 4.41. The summed E-state index contributed by atoms with van der Waals surface area (Å²) < 4.78 is 2.67. The summed E-state index contributed by atoms with van der Waals surface area (Å²) in [7, 11) is 0. The molecule has 2 aromatic heterocycles. The first-order valence-electron chi connectivity index (χ1n) is 2.44. The fourth-order valence-electron chi connectivity index (χ4n) is 0.700. The summed E-state index contributed by atoms with van der Waals surface area (Å²) in [5, 5.41) is 0. The van der Waals surface area contributed by atoms with Crippen LogP contribution in [-0.4, -0.2) is 9.38 Å². The Morgan fingerprint density at radius 2 is 2.56 bits per heavy atom. The number of nitrogens with zero attached hydrogens (tertiary/aromatic N) is 2. The minimum atomic E-state index is 0.776. The number of halogens is 1. The maximum Gasteiger partial charge on any atom is 0.195 e. The molecule has 0 spiro atoms. The van der Waals surface area contributed by atoms with Crippen LogP contribution in [-0.2, 0) is 0 Å². The van der Waals surface area contributed by atoms with Crippen molar-refractivity contribution in [3.8, 4) is 0 Å². The van der Waals surface area contributed by atoms with Gasteiger partial charge < -0.3 is 0 Å². The van der Waals surface area contributed by atoms with Gasteiger partial charge in [0.25, 0.3) is 0 Å². The fraction of sp³-hybridized carbons (Fsp3) is 0. The molecule has 46 valence electrons. The summed E-state index contributed by atoms with van der Waals surface area (Å²) >= 11 is 7.16. The predicted molar refractivity (Wildman–Crippen MR) is 38.1 cm³/mol. The monoisotopic (exact) mass is 158 g/mol. The molecule has 0 saturated carbocycles. The van der Waals surface area contributed by atoms with Gasteiger partial charge in [0.15, 0.2) is 4.96 Å². The third-order valence-corrected chi connectivity index (χ3v) is 2.19. The Morgan fingerprint density at radius 3 is 3.33 bits per heavy atom. The minimum Gasteiger partial charge on any atom is -0.296 e. The lowest BCUT2D eigenvalue weighted by molar-refractivity contribution is 1.23. The summed E-state index contributed by atoms with van der Waals surface area (Å²) in [6.45, 7) is 0. The highest BCUT2D eigenvalue weighted by atomic mass is 35.5. The summed E-state index contributed by atoms with van der Waals surface area (Å²) in [5.41, 5.74) is 0. The van der Waals surface area contributed by atoms with Gasteiger partial charge in [0.05, 0.1) is 0 Å². The first-order chi connectivity index (χ1) is 4.36.